The molecule has 1 fully saturated rings. The number of hydrogen-bond donors (Lipinski definition) is 0. The Morgan fingerprint density at radius 3 is 2.45 bits per heavy atom. The van der Waals surface area contributed by atoms with E-state index < -0.39 is 0 Å². The van der Waals surface area contributed by atoms with Crippen LogP contribution in [0.5, 0.6) is 0 Å². The van der Waals surface area contributed by atoms with Crippen LogP contribution >= 0.6 is 0 Å². The van der Waals surface area contributed by atoms with Crippen molar-refractivity contribution in [2.45, 2.75) is 25.1 Å². The molecule has 102 valence electrons. The van der Waals surface area contributed by atoms with Gasteiger partial charge in [-0.15, -0.1) is 0 Å². The Balaban J connectivity index is 1.72. The highest BCUT2D eigenvalue weighted by Gasteiger charge is 2.41. The van der Waals surface area contributed by atoms with E-state index in [0.717, 1.165) is 13.2 Å². The zero-order chi connectivity index (χ0) is 13.5. The SMILES string of the molecule is C[C@@H]1CN2C(OC[C@H]2c2ccccc2)c2ccccc21. The molecule has 0 spiro atoms. The minimum atomic E-state index is 0.132. The quantitative estimate of drug-likeness (QED) is 0.776. The molecule has 2 aliphatic heterocycles. The van der Waals surface area contributed by atoms with Gasteiger partial charge in [-0.3, -0.25) is 4.90 Å². The molecule has 0 aromatic heterocycles. The molecule has 0 radical (unpaired) electrons. The van der Waals surface area contributed by atoms with Gasteiger partial charge in [-0.25, -0.2) is 0 Å². The zero-order valence-corrected chi connectivity index (χ0v) is 11.7. The third-order valence-corrected chi connectivity index (χ3v) is 4.58. The van der Waals surface area contributed by atoms with E-state index in [4.69, 9.17) is 4.74 Å². The third-order valence-electron chi connectivity index (χ3n) is 4.58. The van der Waals surface area contributed by atoms with Gasteiger partial charge in [0.2, 0.25) is 0 Å². The fourth-order valence-corrected chi connectivity index (χ4v) is 3.59. The van der Waals surface area contributed by atoms with Crippen LogP contribution in [0.15, 0.2) is 54.6 Å². The Morgan fingerprint density at radius 2 is 1.65 bits per heavy atom. The van der Waals surface area contributed by atoms with Crippen molar-refractivity contribution >= 4 is 0 Å². The summed E-state index contributed by atoms with van der Waals surface area (Å²) in [6.07, 6.45) is 0.132. The van der Waals surface area contributed by atoms with Crippen molar-refractivity contribution in [1.82, 2.24) is 4.90 Å². The van der Waals surface area contributed by atoms with Crippen LogP contribution in [0.4, 0.5) is 0 Å². The molecule has 3 atom stereocenters. The van der Waals surface area contributed by atoms with Gasteiger partial charge in [0.25, 0.3) is 0 Å². The van der Waals surface area contributed by atoms with Gasteiger partial charge in [-0.2, -0.15) is 0 Å². The predicted molar refractivity (Wildman–Crippen MR) is 79.4 cm³/mol. The van der Waals surface area contributed by atoms with Crippen LogP contribution in [0.2, 0.25) is 0 Å². The average molecular weight is 265 g/mol. The highest BCUT2D eigenvalue weighted by molar-refractivity contribution is 5.36. The largest absolute Gasteiger partial charge is 0.357 e. The lowest BCUT2D eigenvalue weighted by Gasteiger charge is -2.37. The standard InChI is InChI=1S/C18H19NO/c1-13-11-19-17(14-7-3-2-4-8-14)12-20-18(19)16-10-6-5-9-15(13)16/h2-10,13,17-18H,11-12H2,1H3/t13-,17+,18?/m1/s1. The summed E-state index contributed by atoms with van der Waals surface area (Å²) in [6, 6.07) is 19.8. The summed E-state index contributed by atoms with van der Waals surface area (Å²) in [5, 5.41) is 0. The number of benzene rings is 2. The fourth-order valence-electron chi connectivity index (χ4n) is 3.59. The Labute approximate surface area is 120 Å². The number of rotatable bonds is 1. The molecule has 0 bridgehead atoms. The van der Waals surface area contributed by atoms with E-state index >= 15 is 0 Å². The summed E-state index contributed by atoms with van der Waals surface area (Å²) >= 11 is 0. The normalized spacial score (nSPS) is 28.9. The maximum absolute atomic E-state index is 6.12. The molecule has 0 aliphatic carbocycles. The molecule has 2 nitrogen and oxygen atoms in total. The van der Waals surface area contributed by atoms with Gasteiger partial charge in [0, 0.05) is 6.54 Å². The van der Waals surface area contributed by atoms with Gasteiger partial charge in [0.15, 0.2) is 0 Å². The van der Waals surface area contributed by atoms with Crippen molar-refractivity contribution in [2.75, 3.05) is 13.2 Å². The van der Waals surface area contributed by atoms with Crippen molar-refractivity contribution < 1.29 is 4.74 Å². The third kappa shape index (κ3) is 1.80. The van der Waals surface area contributed by atoms with Crippen molar-refractivity contribution in [3.8, 4) is 0 Å². The fraction of sp³-hybridized carbons (Fsp3) is 0.333. The summed E-state index contributed by atoms with van der Waals surface area (Å²) in [4.78, 5) is 2.52. The van der Waals surface area contributed by atoms with Crippen molar-refractivity contribution in [2.24, 2.45) is 0 Å². The molecule has 2 aromatic carbocycles. The Bertz CT molecular complexity index is 610. The summed E-state index contributed by atoms with van der Waals surface area (Å²) in [6.45, 7) is 4.17. The molecule has 2 heterocycles. The molecule has 20 heavy (non-hydrogen) atoms. The van der Waals surface area contributed by atoms with E-state index in [-0.39, 0.29) is 6.23 Å². The number of hydrogen-bond acceptors (Lipinski definition) is 2. The van der Waals surface area contributed by atoms with E-state index in [1.807, 2.05) is 0 Å². The monoisotopic (exact) mass is 265 g/mol. The first-order valence-electron chi connectivity index (χ1n) is 7.35. The van der Waals surface area contributed by atoms with Crippen molar-refractivity contribution in [1.29, 1.82) is 0 Å². The lowest BCUT2D eigenvalue weighted by Crippen LogP contribution is -2.35. The summed E-state index contributed by atoms with van der Waals surface area (Å²) in [5.74, 6) is 0.565. The average Bonchev–Trinajstić information content (AvgIpc) is 2.92. The molecule has 2 heteroatoms. The molecule has 1 unspecified atom stereocenters. The molecule has 1 saturated heterocycles. The Morgan fingerprint density at radius 1 is 0.950 bits per heavy atom. The van der Waals surface area contributed by atoms with Gasteiger partial charge in [0.05, 0.1) is 12.6 Å². The van der Waals surface area contributed by atoms with Crippen LogP contribution < -0.4 is 0 Å². The van der Waals surface area contributed by atoms with E-state index in [1.54, 1.807) is 0 Å². The lowest BCUT2D eigenvalue weighted by molar-refractivity contribution is 0.0168. The van der Waals surface area contributed by atoms with Gasteiger partial charge in [0.1, 0.15) is 6.23 Å². The maximum Gasteiger partial charge on any atom is 0.137 e. The molecule has 4 rings (SSSR count). The first-order valence-corrected chi connectivity index (χ1v) is 7.35. The van der Waals surface area contributed by atoms with Crippen LogP contribution in [-0.4, -0.2) is 18.1 Å². The van der Waals surface area contributed by atoms with Gasteiger partial charge in [-0.05, 0) is 22.6 Å². The second-order valence-electron chi connectivity index (χ2n) is 5.84. The van der Waals surface area contributed by atoms with Crippen molar-refractivity contribution in [3.05, 3.63) is 71.3 Å². The second kappa shape index (κ2) is 4.72. The number of ether oxygens (including phenoxy) is 1. The Kier molecular flexibility index (Phi) is 2.86. The van der Waals surface area contributed by atoms with E-state index in [9.17, 15) is 0 Å². The highest BCUT2D eigenvalue weighted by atomic mass is 16.5. The first kappa shape index (κ1) is 12.1. The minimum absolute atomic E-state index is 0.132. The molecular formula is C18H19NO. The van der Waals surface area contributed by atoms with Crippen LogP contribution in [-0.2, 0) is 4.74 Å². The lowest BCUT2D eigenvalue weighted by atomic mass is 9.89. The molecule has 0 N–H and O–H groups in total. The van der Waals surface area contributed by atoms with E-state index in [2.05, 4.69) is 66.4 Å². The number of fused-ring (bicyclic) bond motifs is 3. The molecule has 0 saturated carbocycles. The summed E-state index contributed by atoms with van der Waals surface area (Å²) in [7, 11) is 0. The zero-order valence-electron chi connectivity index (χ0n) is 11.7. The molecule has 0 amide bonds. The van der Waals surface area contributed by atoms with Gasteiger partial charge >= 0.3 is 0 Å². The smallest absolute Gasteiger partial charge is 0.137 e. The molecule has 2 aliphatic rings. The topological polar surface area (TPSA) is 12.5 Å². The Hall–Kier alpha value is -1.64. The molecular weight excluding hydrogens is 246 g/mol. The van der Waals surface area contributed by atoms with E-state index in [1.165, 1.54) is 16.7 Å². The van der Waals surface area contributed by atoms with Gasteiger partial charge in [-0.1, -0.05) is 61.5 Å². The minimum Gasteiger partial charge on any atom is -0.357 e. The first-order chi connectivity index (χ1) is 9.84. The van der Waals surface area contributed by atoms with Crippen molar-refractivity contribution in [3.63, 3.8) is 0 Å². The van der Waals surface area contributed by atoms with Crippen LogP contribution in [0.25, 0.3) is 0 Å². The summed E-state index contributed by atoms with van der Waals surface area (Å²) in [5.41, 5.74) is 4.16. The summed E-state index contributed by atoms with van der Waals surface area (Å²) < 4.78 is 6.12. The van der Waals surface area contributed by atoms with Gasteiger partial charge < -0.3 is 4.74 Å². The van der Waals surface area contributed by atoms with Crippen LogP contribution in [0.3, 0.4) is 0 Å². The molecule has 2 aromatic rings. The van der Waals surface area contributed by atoms with Crippen LogP contribution in [0.1, 0.15) is 41.8 Å². The highest BCUT2D eigenvalue weighted by Crippen LogP contribution is 2.45. The van der Waals surface area contributed by atoms with Crippen LogP contribution in [0, 0.1) is 0 Å². The second-order valence-corrected chi connectivity index (χ2v) is 5.84. The predicted octanol–water partition coefficient (Wildman–Crippen LogP) is 3.88. The number of nitrogens with zero attached hydrogens (tertiary/aromatic N) is 1. The van der Waals surface area contributed by atoms with E-state index in [0.29, 0.717) is 12.0 Å². The maximum atomic E-state index is 6.12.